The third-order valence-electron chi connectivity index (χ3n) is 4.70. The molecule has 5 heteroatoms. The predicted molar refractivity (Wildman–Crippen MR) is 84.3 cm³/mol. The van der Waals surface area contributed by atoms with Gasteiger partial charge in [0.05, 0.1) is 6.04 Å². The van der Waals surface area contributed by atoms with Gasteiger partial charge in [0.25, 0.3) is 0 Å². The monoisotopic (exact) mass is 308 g/mol. The van der Waals surface area contributed by atoms with Crippen LogP contribution in [0.5, 0.6) is 0 Å². The molecule has 0 bridgehead atoms. The lowest BCUT2D eigenvalue weighted by atomic mass is 10.0. The van der Waals surface area contributed by atoms with E-state index in [1.807, 2.05) is 6.92 Å². The molecule has 2 atom stereocenters. The normalized spacial score (nSPS) is 27.4. The molecule has 2 aliphatic rings. The zero-order valence-corrected chi connectivity index (χ0v) is 13.8. The Morgan fingerprint density at radius 2 is 2.24 bits per heavy atom. The summed E-state index contributed by atoms with van der Waals surface area (Å²) in [7, 11) is 1.75. The van der Waals surface area contributed by atoms with E-state index in [1.165, 1.54) is 22.6 Å². The van der Waals surface area contributed by atoms with Gasteiger partial charge in [0, 0.05) is 30.0 Å². The van der Waals surface area contributed by atoms with Crippen LogP contribution in [-0.2, 0) is 9.53 Å². The fraction of sp³-hybridized carbons (Fsp3) is 0.688. The van der Waals surface area contributed by atoms with Gasteiger partial charge in [-0.3, -0.25) is 10.1 Å². The summed E-state index contributed by atoms with van der Waals surface area (Å²) in [6.45, 7) is 5.71. The maximum Gasteiger partial charge on any atom is 0.241 e. The van der Waals surface area contributed by atoms with Crippen LogP contribution in [0.15, 0.2) is 12.1 Å². The molecular weight excluding hydrogens is 284 g/mol. The smallest absolute Gasteiger partial charge is 0.241 e. The van der Waals surface area contributed by atoms with Crippen molar-refractivity contribution in [3.8, 4) is 0 Å². The van der Waals surface area contributed by atoms with E-state index < -0.39 is 0 Å². The van der Waals surface area contributed by atoms with Crippen molar-refractivity contribution in [1.29, 1.82) is 0 Å². The fourth-order valence-corrected chi connectivity index (χ4v) is 4.07. The van der Waals surface area contributed by atoms with Crippen molar-refractivity contribution < 1.29 is 9.53 Å². The molecule has 0 aromatic carbocycles. The molecule has 116 valence electrons. The Labute approximate surface area is 130 Å². The first-order valence-electron chi connectivity index (χ1n) is 7.66. The molecular formula is C16H24N2O2S. The average molecular weight is 308 g/mol. The summed E-state index contributed by atoms with van der Waals surface area (Å²) in [4.78, 5) is 17.1. The largest absolute Gasteiger partial charge is 0.385 e. The number of hydrogen-bond donors (Lipinski definition) is 1. The maximum atomic E-state index is 12.5. The molecule has 1 aromatic heterocycles. The van der Waals surface area contributed by atoms with Gasteiger partial charge >= 0.3 is 0 Å². The van der Waals surface area contributed by atoms with E-state index in [9.17, 15) is 4.79 Å². The second-order valence-electron chi connectivity index (χ2n) is 6.45. The van der Waals surface area contributed by atoms with Gasteiger partial charge in [-0.25, -0.2) is 0 Å². The third kappa shape index (κ3) is 3.00. The van der Waals surface area contributed by atoms with E-state index in [-0.39, 0.29) is 18.1 Å². The molecule has 1 saturated carbocycles. The number of rotatable bonds is 6. The Morgan fingerprint density at radius 3 is 2.81 bits per heavy atom. The van der Waals surface area contributed by atoms with Crippen molar-refractivity contribution in [2.24, 2.45) is 5.41 Å². The summed E-state index contributed by atoms with van der Waals surface area (Å²) in [5.74, 6) is 0.231. The molecule has 21 heavy (non-hydrogen) atoms. The molecule has 4 nitrogen and oxygen atoms in total. The third-order valence-corrected chi connectivity index (χ3v) is 5.76. The molecule has 1 amide bonds. The number of nitrogens with one attached hydrogen (secondary N) is 1. The average Bonchev–Trinajstić information content (AvgIpc) is 3.02. The summed E-state index contributed by atoms with van der Waals surface area (Å²) in [5.41, 5.74) is 0.294. The van der Waals surface area contributed by atoms with Gasteiger partial charge in [-0.1, -0.05) is 0 Å². The van der Waals surface area contributed by atoms with Gasteiger partial charge in [-0.15, -0.1) is 11.3 Å². The van der Waals surface area contributed by atoms with E-state index in [0.29, 0.717) is 5.41 Å². The van der Waals surface area contributed by atoms with Crippen molar-refractivity contribution in [3.05, 3.63) is 21.9 Å². The number of amides is 1. The molecule has 1 N–H and O–H groups in total. The Balaban J connectivity index is 1.76. The SMILES string of the molecule is COCCC1(CN2C(=O)C(C)NC2c2ccc(C)s2)CC1. The van der Waals surface area contributed by atoms with Crippen LogP contribution in [0.2, 0.25) is 0 Å². The standard InChI is InChI=1S/C16H24N2O2S/c1-11-4-5-13(21-11)14-17-12(2)15(19)18(14)10-16(6-7-16)8-9-20-3/h4-5,12,14,17H,6-10H2,1-3H3. The topological polar surface area (TPSA) is 41.6 Å². The molecule has 1 saturated heterocycles. The van der Waals surface area contributed by atoms with Crippen LogP contribution in [0, 0.1) is 12.3 Å². The minimum absolute atomic E-state index is 0.0474. The highest BCUT2D eigenvalue weighted by Crippen LogP contribution is 2.50. The van der Waals surface area contributed by atoms with Crippen LogP contribution >= 0.6 is 11.3 Å². The van der Waals surface area contributed by atoms with E-state index in [1.54, 1.807) is 18.4 Å². The van der Waals surface area contributed by atoms with Gasteiger partial charge in [-0.2, -0.15) is 0 Å². The Kier molecular flexibility index (Phi) is 4.08. The molecule has 0 spiro atoms. The Hall–Kier alpha value is -0.910. The predicted octanol–water partition coefficient (Wildman–Crippen LogP) is 2.69. The fourth-order valence-electron chi connectivity index (χ4n) is 3.12. The quantitative estimate of drug-likeness (QED) is 0.878. The van der Waals surface area contributed by atoms with E-state index >= 15 is 0 Å². The minimum Gasteiger partial charge on any atom is -0.385 e. The lowest BCUT2D eigenvalue weighted by Gasteiger charge is -2.28. The molecule has 1 aliphatic carbocycles. The molecule has 2 unspecified atom stereocenters. The van der Waals surface area contributed by atoms with Crippen LogP contribution < -0.4 is 5.32 Å². The van der Waals surface area contributed by atoms with E-state index in [0.717, 1.165) is 19.6 Å². The molecule has 1 aliphatic heterocycles. The number of thiophene rings is 1. The van der Waals surface area contributed by atoms with Crippen LogP contribution in [0.1, 0.15) is 42.1 Å². The van der Waals surface area contributed by atoms with Crippen LogP contribution in [-0.4, -0.2) is 37.1 Å². The van der Waals surface area contributed by atoms with Crippen molar-refractivity contribution in [2.75, 3.05) is 20.3 Å². The summed E-state index contributed by atoms with van der Waals surface area (Å²) >= 11 is 1.78. The first-order chi connectivity index (χ1) is 10.0. The van der Waals surface area contributed by atoms with Crippen molar-refractivity contribution >= 4 is 17.2 Å². The van der Waals surface area contributed by atoms with Crippen LogP contribution in [0.4, 0.5) is 0 Å². The Bertz CT molecular complexity index is 524. The zero-order valence-electron chi connectivity index (χ0n) is 13.0. The lowest BCUT2D eigenvalue weighted by Crippen LogP contribution is -2.36. The number of aryl methyl sites for hydroxylation is 1. The second-order valence-corrected chi connectivity index (χ2v) is 7.77. The highest BCUT2D eigenvalue weighted by Gasteiger charge is 2.48. The summed E-state index contributed by atoms with van der Waals surface area (Å²) in [6.07, 6.45) is 3.53. The van der Waals surface area contributed by atoms with E-state index in [4.69, 9.17) is 4.74 Å². The summed E-state index contributed by atoms with van der Waals surface area (Å²) < 4.78 is 5.23. The summed E-state index contributed by atoms with van der Waals surface area (Å²) in [5, 5.41) is 3.45. The number of ether oxygens (including phenoxy) is 1. The van der Waals surface area contributed by atoms with Crippen molar-refractivity contribution in [3.63, 3.8) is 0 Å². The summed E-state index contributed by atoms with van der Waals surface area (Å²) in [6, 6.07) is 4.19. The first kappa shape index (κ1) is 15.0. The molecule has 2 fully saturated rings. The highest BCUT2D eigenvalue weighted by atomic mass is 32.1. The first-order valence-corrected chi connectivity index (χ1v) is 8.48. The molecule has 1 aromatic rings. The second kappa shape index (κ2) is 5.71. The minimum atomic E-state index is -0.0874. The number of methoxy groups -OCH3 is 1. The molecule has 2 heterocycles. The molecule has 0 radical (unpaired) electrons. The van der Waals surface area contributed by atoms with Crippen LogP contribution in [0.3, 0.4) is 0 Å². The van der Waals surface area contributed by atoms with Gasteiger partial charge in [0.1, 0.15) is 6.17 Å². The number of hydrogen-bond acceptors (Lipinski definition) is 4. The lowest BCUT2D eigenvalue weighted by molar-refractivity contribution is -0.130. The van der Waals surface area contributed by atoms with Gasteiger partial charge in [0.2, 0.25) is 5.91 Å². The highest BCUT2D eigenvalue weighted by molar-refractivity contribution is 7.12. The maximum absolute atomic E-state index is 12.5. The van der Waals surface area contributed by atoms with Crippen LogP contribution in [0.25, 0.3) is 0 Å². The number of carbonyl (C=O) groups excluding carboxylic acids is 1. The number of nitrogens with zero attached hydrogens (tertiary/aromatic N) is 1. The Morgan fingerprint density at radius 1 is 1.48 bits per heavy atom. The van der Waals surface area contributed by atoms with Gasteiger partial charge in [-0.05, 0) is 50.7 Å². The van der Waals surface area contributed by atoms with Crippen molar-refractivity contribution in [1.82, 2.24) is 10.2 Å². The zero-order chi connectivity index (χ0) is 15.0. The van der Waals surface area contributed by atoms with E-state index in [2.05, 4.69) is 29.3 Å². The molecule has 3 rings (SSSR count). The number of carbonyl (C=O) groups is 1. The van der Waals surface area contributed by atoms with Crippen molar-refractivity contribution in [2.45, 2.75) is 45.3 Å². The van der Waals surface area contributed by atoms with Gasteiger partial charge < -0.3 is 9.64 Å². The van der Waals surface area contributed by atoms with Gasteiger partial charge in [0.15, 0.2) is 0 Å².